The molecule has 0 atom stereocenters. The minimum absolute atomic E-state index is 0.272. The summed E-state index contributed by atoms with van der Waals surface area (Å²) in [5.74, 6) is 6.09. The summed E-state index contributed by atoms with van der Waals surface area (Å²) in [7, 11) is -0.352. The number of nitrogens with zero attached hydrogens (tertiary/aromatic N) is 1. The van der Waals surface area contributed by atoms with E-state index in [2.05, 4.69) is 11.8 Å². The van der Waals surface area contributed by atoms with Crippen LogP contribution in [0, 0.1) is 18.8 Å². The third kappa shape index (κ3) is 3.72. The molecule has 0 amide bonds. The van der Waals surface area contributed by atoms with Crippen molar-refractivity contribution in [3.05, 3.63) is 65.2 Å². The first-order valence-electron chi connectivity index (χ1n) is 6.51. The molecule has 108 valence electrons. The lowest BCUT2D eigenvalue weighted by Gasteiger charge is -2.10. The van der Waals surface area contributed by atoms with Gasteiger partial charge in [-0.05, 0) is 43.3 Å². The number of benzene rings is 2. The Kier molecular flexibility index (Phi) is 4.46. The lowest BCUT2D eigenvalue weighted by Crippen LogP contribution is -2.22. The van der Waals surface area contributed by atoms with E-state index < -0.39 is 10.0 Å². The fraction of sp³-hybridized carbons (Fsp3) is 0.176. The van der Waals surface area contributed by atoms with Crippen molar-refractivity contribution in [3.63, 3.8) is 0 Å². The van der Waals surface area contributed by atoms with E-state index in [0.29, 0.717) is 0 Å². The third-order valence-corrected chi connectivity index (χ3v) is 4.86. The van der Waals surface area contributed by atoms with Crippen LogP contribution in [0.15, 0.2) is 53.4 Å². The van der Waals surface area contributed by atoms with Gasteiger partial charge in [-0.2, -0.15) is 0 Å². The van der Waals surface area contributed by atoms with E-state index in [-0.39, 0.29) is 4.90 Å². The molecule has 0 aliphatic carbocycles. The predicted octanol–water partition coefficient (Wildman–Crippen LogP) is 2.65. The summed E-state index contributed by atoms with van der Waals surface area (Å²) >= 11 is 0. The van der Waals surface area contributed by atoms with Crippen molar-refractivity contribution in [2.45, 2.75) is 11.8 Å². The van der Waals surface area contributed by atoms with Crippen LogP contribution in [0.4, 0.5) is 0 Å². The molecule has 0 spiro atoms. The Bertz CT molecular complexity index is 777. The van der Waals surface area contributed by atoms with Gasteiger partial charge in [0.1, 0.15) is 0 Å². The van der Waals surface area contributed by atoms with Crippen molar-refractivity contribution < 1.29 is 8.42 Å². The fourth-order valence-corrected chi connectivity index (χ4v) is 2.60. The fourth-order valence-electron chi connectivity index (χ4n) is 1.70. The molecule has 2 rings (SSSR count). The average Bonchev–Trinajstić information content (AvgIpc) is 2.47. The maximum Gasteiger partial charge on any atom is 0.242 e. The summed E-state index contributed by atoms with van der Waals surface area (Å²) in [5, 5.41) is 0. The van der Waals surface area contributed by atoms with Gasteiger partial charge in [-0.3, -0.25) is 0 Å². The quantitative estimate of drug-likeness (QED) is 0.800. The molecule has 4 heteroatoms. The SMILES string of the molecule is Cc1ccc(C#Cc2ccc(S(=O)(=O)N(C)C)cc2)cc1. The van der Waals surface area contributed by atoms with E-state index in [0.717, 1.165) is 11.1 Å². The molecule has 0 saturated heterocycles. The monoisotopic (exact) mass is 299 g/mol. The molecule has 0 unspecified atom stereocenters. The van der Waals surface area contributed by atoms with Gasteiger partial charge in [0, 0.05) is 25.2 Å². The van der Waals surface area contributed by atoms with Crippen LogP contribution < -0.4 is 0 Å². The second-order valence-corrected chi connectivity index (χ2v) is 7.08. The third-order valence-electron chi connectivity index (χ3n) is 3.04. The number of sulfonamides is 1. The zero-order valence-electron chi connectivity index (χ0n) is 12.3. The molecule has 0 saturated carbocycles. The molecule has 0 aromatic heterocycles. The van der Waals surface area contributed by atoms with Gasteiger partial charge in [-0.15, -0.1) is 0 Å². The number of rotatable bonds is 2. The van der Waals surface area contributed by atoms with Crippen molar-refractivity contribution in [1.82, 2.24) is 4.31 Å². The first-order chi connectivity index (χ1) is 9.89. The van der Waals surface area contributed by atoms with Gasteiger partial charge in [0.25, 0.3) is 0 Å². The van der Waals surface area contributed by atoms with Gasteiger partial charge in [0.05, 0.1) is 4.90 Å². The standard InChI is InChI=1S/C17H17NO2S/c1-14-4-6-15(7-5-14)8-9-16-10-12-17(13-11-16)21(19,20)18(2)3/h4-7,10-13H,1-3H3. The summed E-state index contributed by atoms with van der Waals surface area (Å²) in [6.07, 6.45) is 0. The Morgan fingerprint density at radius 3 is 1.67 bits per heavy atom. The van der Waals surface area contributed by atoms with Gasteiger partial charge in [0.2, 0.25) is 10.0 Å². The molecule has 21 heavy (non-hydrogen) atoms. The number of aryl methyl sites for hydroxylation is 1. The summed E-state index contributed by atoms with van der Waals surface area (Å²) in [6.45, 7) is 2.03. The second-order valence-electron chi connectivity index (χ2n) is 4.93. The number of hydrogen-bond acceptors (Lipinski definition) is 2. The highest BCUT2D eigenvalue weighted by atomic mass is 32.2. The first kappa shape index (κ1) is 15.3. The molecule has 0 N–H and O–H groups in total. The minimum Gasteiger partial charge on any atom is -0.207 e. The van der Waals surface area contributed by atoms with E-state index in [4.69, 9.17) is 0 Å². The van der Waals surface area contributed by atoms with Crippen molar-refractivity contribution >= 4 is 10.0 Å². The Morgan fingerprint density at radius 2 is 1.24 bits per heavy atom. The predicted molar refractivity (Wildman–Crippen MR) is 84.5 cm³/mol. The molecular formula is C17H17NO2S. The van der Waals surface area contributed by atoms with Gasteiger partial charge in [-0.25, -0.2) is 12.7 Å². The highest BCUT2D eigenvalue weighted by Gasteiger charge is 2.16. The zero-order chi connectivity index (χ0) is 15.5. The van der Waals surface area contributed by atoms with Crippen molar-refractivity contribution in [2.24, 2.45) is 0 Å². The van der Waals surface area contributed by atoms with Crippen molar-refractivity contribution in [3.8, 4) is 11.8 Å². The molecule has 2 aromatic carbocycles. The van der Waals surface area contributed by atoms with Crippen molar-refractivity contribution in [2.75, 3.05) is 14.1 Å². The molecule has 0 radical (unpaired) electrons. The average molecular weight is 299 g/mol. The van der Waals surface area contributed by atoms with Crippen molar-refractivity contribution in [1.29, 1.82) is 0 Å². The molecular weight excluding hydrogens is 282 g/mol. The zero-order valence-corrected chi connectivity index (χ0v) is 13.1. The van der Waals surface area contributed by atoms with Crippen LogP contribution in [0.3, 0.4) is 0 Å². The summed E-state index contributed by atoms with van der Waals surface area (Å²) in [4.78, 5) is 0.272. The molecule has 0 aliphatic heterocycles. The Balaban J connectivity index is 2.23. The van der Waals surface area contributed by atoms with Crippen LogP contribution in [0.2, 0.25) is 0 Å². The van der Waals surface area contributed by atoms with E-state index in [1.807, 2.05) is 31.2 Å². The van der Waals surface area contributed by atoms with E-state index in [1.165, 1.54) is 24.0 Å². The highest BCUT2D eigenvalue weighted by Crippen LogP contribution is 2.13. The van der Waals surface area contributed by atoms with Gasteiger partial charge < -0.3 is 0 Å². The Hall–Kier alpha value is -2.09. The molecule has 2 aromatic rings. The van der Waals surface area contributed by atoms with Crippen LogP contribution in [-0.4, -0.2) is 26.8 Å². The maximum absolute atomic E-state index is 11.9. The van der Waals surface area contributed by atoms with Gasteiger partial charge >= 0.3 is 0 Å². The van der Waals surface area contributed by atoms with Crippen LogP contribution in [-0.2, 0) is 10.0 Å². The van der Waals surface area contributed by atoms with E-state index in [9.17, 15) is 8.42 Å². The summed E-state index contributed by atoms with van der Waals surface area (Å²) in [5.41, 5.74) is 2.91. The van der Waals surface area contributed by atoms with E-state index in [1.54, 1.807) is 24.3 Å². The maximum atomic E-state index is 11.9. The second kappa shape index (κ2) is 6.13. The van der Waals surface area contributed by atoms with Crippen LogP contribution >= 0.6 is 0 Å². The smallest absolute Gasteiger partial charge is 0.207 e. The summed E-state index contributed by atoms with van der Waals surface area (Å²) in [6, 6.07) is 14.5. The number of hydrogen-bond donors (Lipinski definition) is 0. The van der Waals surface area contributed by atoms with Crippen LogP contribution in [0.5, 0.6) is 0 Å². The molecule has 0 bridgehead atoms. The lowest BCUT2D eigenvalue weighted by molar-refractivity contribution is 0.521. The van der Waals surface area contributed by atoms with Crippen LogP contribution in [0.1, 0.15) is 16.7 Å². The minimum atomic E-state index is -3.38. The van der Waals surface area contributed by atoms with E-state index >= 15 is 0 Å². The Morgan fingerprint density at radius 1 is 0.810 bits per heavy atom. The normalized spacial score (nSPS) is 11.0. The first-order valence-corrected chi connectivity index (χ1v) is 7.95. The van der Waals surface area contributed by atoms with Gasteiger partial charge in [0.15, 0.2) is 0 Å². The Labute approximate surface area is 126 Å². The topological polar surface area (TPSA) is 37.4 Å². The largest absolute Gasteiger partial charge is 0.242 e. The molecule has 3 nitrogen and oxygen atoms in total. The van der Waals surface area contributed by atoms with Gasteiger partial charge in [-0.1, -0.05) is 29.5 Å². The highest BCUT2D eigenvalue weighted by molar-refractivity contribution is 7.89. The molecule has 0 fully saturated rings. The summed E-state index contributed by atoms with van der Waals surface area (Å²) < 4.78 is 25.1. The molecule has 0 aliphatic rings. The van der Waals surface area contributed by atoms with Crippen LogP contribution in [0.25, 0.3) is 0 Å². The lowest BCUT2D eigenvalue weighted by atomic mass is 10.1. The molecule has 0 heterocycles.